The second kappa shape index (κ2) is 6.02. The fourth-order valence-corrected chi connectivity index (χ4v) is 2.37. The van der Waals surface area contributed by atoms with Crippen molar-refractivity contribution in [2.45, 2.75) is 38.1 Å². The van der Waals surface area contributed by atoms with Crippen LogP contribution in [0.1, 0.15) is 42.1 Å². The van der Waals surface area contributed by atoms with Gasteiger partial charge in [0.25, 0.3) is 0 Å². The van der Waals surface area contributed by atoms with E-state index in [1.807, 2.05) is 12.4 Å². The van der Waals surface area contributed by atoms with E-state index in [4.69, 9.17) is 0 Å². The van der Waals surface area contributed by atoms with E-state index in [2.05, 4.69) is 39.6 Å². The molecule has 1 aliphatic rings. The van der Waals surface area contributed by atoms with Crippen molar-refractivity contribution in [3.63, 3.8) is 0 Å². The van der Waals surface area contributed by atoms with Gasteiger partial charge in [-0.2, -0.15) is 0 Å². The molecule has 1 aromatic heterocycles. The van der Waals surface area contributed by atoms with E-state index in [-0.39, 0.29) is 0 Å². The highest BCUT2D eigenvalue weighted by atomic mass is 14.9. The summed E-state index contributed by atoms with van der Waals surface area (Å²) in [6.07, 6.45) is 8.58. The van der Waals surface area contributed by atoms with Gasteiger partial charge in [-0.05, 0) is 42.9 Å². The van der Waals surface area contributed by atoms with Crippen molar-refractivity contribution in [2.24, 2.45) is 0 Å². The van der Waals surface area contributed by atoms with Gasteiger partial charge >= 0.3 is 0 Å². The van der Waals surface area contributed by atoms with Crippen LogP contribution in [0.2, 0.25) is 0 Å². The van der Waals surface area contributed by atoms with Crippen LogP contribution in [0.15, 0.2) is 36.7 Å². The highest BCUT2D eigenvalue weighted by molar-refractivity contribution is 5.27. The Hall–Kier alpha value is -1.61. The summed E-state index contributed by atoms with van der Waals surface area (Å²) in [6, 6.07) is 9.09. The monoisotopic (exact) mass is 255 g/mol. The summed E-state index contributed by atoms with van der Waals surface area (Å²) in [4.78, 5) is 7.35. The predicted molar refractivity (Wildman–Crippen MR) is 77.0 cm³/mol. The van der Waals surface area contributed by atoms with Crippen molar-refractivity contribution in [2.75, 3.05) is 6.54 Å². The molecule has 0 atom stereocenters. The second-order valence-electron chi connectivity index (χ2n) is 5.33. The van der Waals surface area contributed by atoms with Crippen LogP contribution in [0.4, 0.5) is 0 Å². The van der Waals surface area contributed by atoms with Crippen molar-refractivity contribution >= 4 is 0 Å². The zero-order valence-corrected chi connectivity index (χ0v) is 11.2. The van der Waals surface area contributed by atoms with Gasteiger partial charge in [-0.3, -0.25) is 0 Å². The Balaban J connectivity index is 1.35. The van der Waals surface area contributed by atoms with E-state index in [0.29, 0.717) is 0 Å². The van der Waals surface area contributed by atoms with Crippen molar-refractivity contribution in [1.82, 2.24) is 15.3 Å². The summed E-state index contributed by atoms with van der Waals surface area (Å²) < 4.78 is 0. The number of hydrogen-bond acceptors (Lipinski definition) is 2. The number of aryl methyl sites for hydroxylation is 1. The molecule has 0 aliphatic heterocycles. The second-order valence-corrected chi connectivity index (χ2v) is 5.33. The number of aromatic nitrogens is 2. The number of H-pyrrole nitrogens is 1. The van der Waals surface area contributed by atoms with Gasteiger partial charge in [0.2, 0.25) is 0 Å². The average Bonchev–Trinajstić information content (AvgIpc) is 3.17. The maximum Gasteiger partial charge on any atom is 0.106 e. The summed E-state index contributed by atoms with van der Waals surface area (Å²) >= 11 is 0. The van der Waals surface area contributed by atoms with Gasteiger partial charge in [-0.15, -0.1) is 0 Å². The molecule has 1 aliphatic carbocycles. The Kier molecular flexibility index (Phi) is 3.94. The van der Waals surface area contributed by atoms with E-state index < -0.39 is 0 Å². The molecule has 2 aromatic rings. The maximum atomic E-state index is 4.22. The van der Waals surface area contributed by atoms with Gasteiger partial charge in [0, 0.05) is 25.4 Å². The van der Waals surface area contributed by atoms with Gasteiger partial charge in [0.1, 0.15) is 5.82 Å². The Morgan fingerprint density at radius 2 is 2.05 bits per heavy atom. The number of nitrogens with zero attached hydrogens (tertiary/aromatic N) is 1. The molecule has 3 rings (SSSR count). The maximum absolute atomic E-state index is 4.22. The molecular formula is C16H21N3. The first-order valence-electron chi connectivity index (χ1n) is 7.19. The molecule has 0 saturated heterocycles. The summed E-state index contributed by atoms with van der Waals surface area (Å²) in [5.74, 6) is 1.94. The van der Waals surface area contributed by atoms with Crippen molar-refractivity contribution in [3.05, 3.63) is 53.6 Å². The van der Waals surface area contributed by atoms with Crippen LogP contribution in [0, 0.1) is 0 Å². The molecule has 1 heterocycles. The lowest BCUT2D eigenvalue weighted by molar-refractivity contribution is 0.641. The zero-order chi connectivity index (χ0) is 12.9. The fourth-order valence-electron chi connectivity index (χ4n) is 2.37. The van der Waals surface area contributed by atoms with Crippen LogP contribution in [0.5, 0.6) is 0 Å². The predicted octanol–water partition coefficient (Wildman–Crippen LogP) is 3.01. The molecular weight excluding hydrogens is 234 g/mol. The molecule has 2 N–H and O–H groups in total. The number of hydrogen-bond donors (Lipinski definition) is 2. The molecule has 100 valence electrons. The van der Waals surface area contributed by atoms with Crippen LogP contribution in [0.3, 0.4) is 0 Å². The van der Waals surface area contributed by atoms with Gasteiger partial charge < -0.3 is 10.3 Å². The molecule has 0 unspecified atom stereocenters. The Morgan fingerprint density at radius 1 is 1.21 bits per heavy atom. The molecule has 0 amide bonds. The highest BCUT2D eigenvalue weighted by Crippen LogP contribution is 2.39. The minimum absolute atomic E-state index is 0.857. The third-order valence-corrected chi connectivity index (χ3v) is 3.68. The SMILES string of the molecule is c1c[nH]c(CCCNCc2ccc(C3CC3)cc2)n1. The van der Waals surface area contributed by atoms with Crippen molar-refractivity contribution in [3.8, 4) is 0 Å². The van der Waals surface area contributed by atoms with Crippen molar-refractivity contribution in [1.29, 1.82) is 0 Å². The number of nitrogens with one attached hydrogen (secondary N) is 2. The average molecular weight is 255 g/mol. The third kappa shape index (κ3) is 3.67. The lowest BCUT2D eigenvalue weighted by Crippen LogP contribution is -2.15. The minimum Gasteiger partial charge on any atom is -0.349 e. The van der Waals surface area contributed by atoms with Crippen LogP contribution >= 0.6 is 0 Å². The number of imidazole rings is 1. The molecule has 3 nitrogen and oxygen atoms in total. The normalized spacial score (nSPS) is 14.7. The molecule has 3 heteroatoms. The van der Waals surface area contributed by atoms with Crippen molar-refractivity contribution < 1.29 is 0 Å². The Labute approximate surface area is 114 Å². The van der Waals surface area contributed by atoms with Gasteiger partial charge in [0.05, 0.1) is 0 Å². The standard InChI is InChI=1S/C16H21N3/c1(2-16-18-10-11-19-16)9-17-12-13-3-5-14(6-4-13)15-7-8-15/h3-6,10-11,15,17H,1-2,7-9,12H2,(H,18,19). The molecule has 19 heavy (non-hydrogen) atoms. The van der Waals surface area contributed by atoms with Crippen LogP contribution in [0.25, 0.3) is 0 Å². The van der Waals surface area contributed by atoms with E-state index in [1.165, 1.54) is 24.0 Å². The summed E-state index contributed by atoms with van der Waals surface area (Å²) in [7, 11) is 0. The summed E-state index contributed by atoms with van der Waals surface area (Å²) in [5.41, 5.74) is 2.89. The first kappa shape index (κ1) is 12.4. The first-order valence-corrected chi connectivity index (χ1v) is 7.19. The zero-order valence-electron chi connectivity index (χ0n) is 11.2. The lowest BCUT2D eigenvalue weighted by Gasteiger charge is -2.05. The quantitative estimate of drug-likeness (QED) is 0.747. The van der Waals surface area contributed by atoms with E-state index in [1.54, 1.807) is 0 Å². The van der Waals surface area contributed by atoms with Gasteiger partial charge in [-0.1, -0.05) is 24.3 Å². The van der Waals surface area contributed by atoms with Gasteiger partial charge in [0.15, 0.2) is 0 Å². The van der Waals surface area contributed by atoms with E-state index in [9.17, 15) is 0 Å². The molecule has 1 fully saturated rings. The van der Waals surface area contributed by atoms with Gasteiger partial charge in [-0.25, -0.2) is 4.98 Å². The summed E-state index contributed by atoms with van der Waals surface area (Å²) in [5, 5.41) is 3.49. The Bertz CT molecular complexity index is 483. The van der Waals surface area contributed by atoms with E-state index >= 15 is 0 Å². The number of rotatable bonds is 7. The van der Waals surface area contributed by atoms with Crippen LogP contribution in [-0.4, -0.2) is 16.5 Å². The number of benzene rings is 1. The first-order chi connectivity index (χ1) is 9.42. The lowest BCUT2D eigenvalue weighted by atomic mass is 10.1. The molecule has 0 radical (unpaired) electrons. The molecule has 1 aromatic carbocycles. The fraction of sp³-hybridized carbons (Fsp3) is 0.438. The highest BCUT2D eigenvalue weighted by Gasteiger charge is 2.22. The third-order valence-electron chi connectivity index (χ3n) is 3.68. The summed E-state index contributed by atoms with van der Waals surface area (Å²) in [6.45, 7) is 1.99. The van der Waals surface area contributed by atoms with Crippen LogP contribution < -0.4 is 5.32 Å². The minimum atomic E-state index is 0.857. The molecule has 1 saturated carbocycles. The van der Waals surface area contributed by atoms with Crippen LogP contribution in [-0.2, 0) is 13.0 Å². The smallest absolute Gasteiger partial charge is 0.106 e. The van der Waals surface area contributed by atoms with E-state index in [0.717, 1.165) is 37.7 Å². The molecule has 0 spiro atoms. The largest absolute Gasteiger partial charge is 0.349 e. The Morgan fingerprint density at radius 3 is 2.74 bits per heavy atom. The molecule has 0 bridgehead atoms. The topological polar surface area (TPSA) is 40.7 Å². The number of aromatic amines is 1.